The summed E-state index contributed by atoms with van der Waals surface area (Å²) >= 11 is 1.36. The molecule has 0 aliphatic rings. The maximum atomic E-state index is 12.4. The molecule has 0 aliphatic carbocycles. The van der Waals surface area contributed by atoms with Gasteiger partial charge in [0.1, 0.15) is 0 Å². The van der Waals surface area contributed by atoms with Gasteiger partial charge in [-0.15, -0.1) is 10.2 Å². The summed E-state index contributed by atoms with van der Waals surface area (Å²) in [5.74, 6) is 1.21. The van der Waals surface area contributed by atoms with Crippen LogP contribution in [0.1, 0.15) is 19.4 Å². The highest BCUT2D eigenvalue weighted by atomic mass is 32.2. The average Bonchev–Trinajstić information content (AvgIpc) is 3.26. The fourth-order valence-corrected chi connectivity index (χ4v) is 3.13. The largest absolute Gasteiger partial charge is 0.461 e. The fraction of sp³-hybridized carbons (Fsp3) is 0.278. The Kier molecular flexibility index (Phi) is 5.23. The first-order valence-electron chi connectivity index (χ1n) is 8.08. The smallest absolute Gasteiger partial charge is 0.237 e. The number of rotatable bonds is 6. The molecule has 1 amide bonds. The summed E-state index contributed by atoms with van der Waals surface area (Å²) in [4.78, 5) is 12.4. The number of nitrogens with one attached hydrogen (secondary N) is 1. The number of thioether (sulfide) groups is 1. The number of nitrogens with zero attached hydrogens (tertiary/aromatic N) is 3. The van der Waals surface area contributed by atoms with Gasteiger partial charge in [0.25, 0.3) is 0 Å². The number of hydrogen-bond donors (Lipinski definition) is 1. The lowest BCUT2D eigenvalue weighted by Gasteiger charge is -2.12. The van der Waals surface area contributed by atoms with Crippen LogP contribution in [-0.4, -0.2) is 25.9 Å². The number of hydrogen-bond acceptors (Lipinski definition) is 5. The molecule has 0 unspecified atom stereocenters. The van der Waals surface area contributed by atoms with Crippen molar-refractivity contribution in [2.75, 3.05) is 5.32 Å². The third kappa shape index (κ3) is 3.93. The van der Waals surface area contributed by atoms with Crippen molar-refractivity contribution in [1.29, 1.82) is 0 Å². The average molecular weight is 356 g/mol. The van der Waals surface area contributed by atoms with Crippen LogP contribution in [-0.2, 0) is 18.3 Å². The lowest BCUT2D eigenvalue weighted by atomic mass is 10.1. The molecule has 1 N–H and O–H groups in total. The van der Waals surface area contributed by atoms with Crippen molar-refractivity contribution in [3.8, 4) is 11.6 Å². The number of aryl methyl sites for hydroxylation is 1. The van der Waals surface area contributed by atoms with Crippen LogP contribution in [0.3, 0.4) is 0 Å². The maximum Gasteiger partial charge on any atom is 0.237 e. The molecule has 0 saturated carbocycles. The molecule has 7 heteroatoms. The fourth-order valence-electron chi connectivity index (χ4n) is 2.32. The first-order chi connectivity index (χ1) is 12.1. The molecule has 2 aromatic heterocycles. The Morgan fingerprint density at radius 2 is 2.04 bits per heavy atom. The lowest BCUT2D eigenvalue weighted by molar-refractivity contribution is -0.115. The van der Waals surface area contributed by atoms with E-state index < -0.39 is 0 Å². The van der Waals surface area contributed by atoms with Crippen LogP contribution in [0.25, 0.3) is 11.6 Å². The second kappa shape index (κ2) is 7.57. The van der Waals surface area contributed by atoms with Gasteiger partial charge in [-0.25, -0.2) is 0 Å². The number of benzene rings is 1. The number of furan rings is 1. The Morgan fingerprint density at radius 1 is 1.28 bits per heavy atom. The zero-order valence-electron chi connectivity index (χ0n) is 14.4. The van der Waals surface area contributed by atoms with Crippen LogP contribution in [0.4, 0.5) is 5.69 Å². The van der Waals surface area contributed by atoms with Crippen LogP contribution in [0.2, 0.25) is 0 Å². The van der Waals surface area contributed by atoms with Gasteiger partial charge in [-0.2, -0.15) is 0 Å². The topological polar surface area (TPSA) is 73.0 Å². The van der Waals surface area contributed by atoms with E-state index in [0.717, 1.165) is 12.1 Å². The highest BCUT2D eigenvalue weighted by Gasteiger charge is 2.20. The van der Waals surface area contributed by atoms with Crippen LogP contribution in [0.15, 0.2) is 52.2 Å². The van der Waals surface area contributed by atoms with Gasteiger partial charge >= 0.3 is 0 Å². The molecule has 2 heterocycles. The van der Waals surface area contributed by atoms with E-state index in [1.165, 1.54) is 17.3 Å². The first kappa shape index (κ1) is 17.3. The predicted molar refractivity (Wildman–Crippen MR) is 98.5 cm³/mol. The molecule has 0 saturated heterocycles. The van der Waals surface area contributed by atoms with E-state index in [4.69, 9.17) is 4.42 Å². The third-order valence-corrected chi connectivity index (χ3v) is 4.99. The minimum absolute atomic E-state index is 0.0724. The Hall–Kier alpha value is -2.54. The SMILES string of the molecule is CCc1ccc(NC(=O)[C@H](C)Sc2nnc(-c3ccco3)n2C)cc1. The monoisotopic (exact) mass is 356 g/mol. The molecule has 1 atom stereocenters. The highest BCUT2D eigenvalue weighted by molar-refractivity contribution is 8.00. The van der Waals surface area contributed by atoms with Crippen molar-refractivity contribution in [1.82, 2.24) is 14.8 Å². The normalized spacial score (nSPS) is 12.1. The van der Waals surface area contributed by atoms with Gasteiger partial charge in [-0.3, -0.25) is 4.79 Å². The van der Waals surface area contributed by atoms with Crippen molar-refractivity contribution in [3.05, 3.63) is 48.2 Å². The van der Waals surface area contributed by atoms with Gasteiger partial charge < -0.3 is 14.3 Å². The highest BCUT2D eigenvalue weighted by Crippen LogP contribution is 2.26. The van der Waals surface area contributed by atoms with E-state index in [1.54, 1.807) is 12.3 Å². The number of anilines is 1. The van der Waals surface area contributed by atoms with E-state index in [9.17, 15) is 4.79 Å². The Bertz CT molecular complexity index is 841. The number of aromatic nitrogens is 3. The van der Waals surface area contributed by atoms with Crippen molar-refractivity contribution in [2.45, 2.75) is 30.7 Å². The van der Waals surface area contributed by atoms with Crippen molar-refractivity contribution < 1.29 is 9.21 Å². The van der Waals surface area contributed by atoms with E-state index in [-0.39, 0.29) is 11.2 Å². The van der Waals surface area contributed by atoms with E-state index in [0.29, 0.717) is 16.7 Å². The minimum Gasteiger partial charge on any atom is -0.461 e. The first-order valence-corrected chi connectivity index (χ1v) is 8.96. The zero-order valence-corrected chi connectivity index (χ0v) is 15.2. The lowest BCUT2D eigenvalue weighted by Crippen LogP contribution is -2.22. The molecule has 0 aliphatic heterocycles. The van der Waals surface area contributed by atoms with Crippen LogP contribution >= 0.6 is 11.8 Å². The summed E-state index contributed by atoms with van der Waals surface area (Å²) < 4.78 is 7.17. The molecule has 0 spiro atoms. The van der Waals surface area contributed by atoms with Gasteiger partial charge in [0.2, 0.25) is 5.91 Å². The summed E-state index contributed by atoms with van der Waals surface area (Å²) in [6, 6.07) is 11.5. The quantitative estimate of drug-likeness (QED) is 0.681. The molecule has 6 nitrogen and oxygen atoms in total. The van der Waals surface area contributed by atoms with Crippen LogP contribution in [0, 0.1) is 0 Å². The predicted octanol–water partition coefficient (Wildman–Crippen LogP) is 3.76. The maximum absolute atomic E-state index is 12.4. The van der Waals surface area contributed by atoms with Gasteiger partial charge in [0, 0.05) is 12.7 Å². The van der Waals surface area contributed by atoms with Crippen LogP contribution in [0.5, 0.6) is 0 Å². The molecule has 3 aromatic rings. The summed E-state index contributed by atoms with van der Waals surface area (Å²) in [6.45, 7) is 3.95. The molecule has 3 rings (SSSR count). The van der Waals surface area contributed by atoms with Gasteiger partial charge in [-0.05, 0) is 43.2 Å². The number of carbonyl (C=O) groups excluding carboxylic acids is 1. The van der Waals surface area contributed by atoms with Gasteiger partial charge in [0.05, 0.1) is 11.5 Å². The standard InChI is InChI=1S/C18H20N4O2S/c1-4-13-7-9-14(10-8-13)19-17(23)12(2)25-18-21-20-16(22(18)3)15-6-5-11-24-15/h5-12H,4H2,1-3H3,(H,19,23)/t12-/m0/s1. The van der Waals surface area contributed by atoms with E-state index >= 15 is 0 Å². The molecule has 0 fully saturated rings. The van der Waals surface area contributed by atoms with E-state index in [1.807, 2.05) is 48.9 Å². The van der Waals surface area contributed by atoms with Crippen molar-refractivity contribution in [3.63, 3.8) is 0 Å². The third-order valence-electron chi connectivity index (χ3n) is 3.86. The molecular formula is C18H20N4O2S. The number of carbonyl (C=O) groups is 1. The zero-order chi connectivity index (χ0) is 17.8. The second-order valence-corrected chi connectivity index (χ2v) is 6.95. The van der Waals surface area contributed by atoms with Crippen LogP contribution < -0.4 is 5.32 Å². The van der Waals surface area contributed by atoms with Crippen molar-refractivity contribution >= 4 is 23.4 Å². The summed E-state index contributed by atoms with van der Waals surface area (Å²) in [6.07, 6.45) is 2.57. The summed E-state index contributed by atoms with van der Waals surface area (Å²) in [7, 11) is 1.86. The summed E-state index contributed by atoms with van der Waals surface area (Å²) in [5, 5.41) is 11.6. The Balaban J connectivity index is 1.65. The molecule has 0 bridgehead atoms. The molecule has 25 heavy (non-hydrogen) atoms. The molecule has 1 aromatic carbocycles. The Morgan fingerprint density at radius 3 is 2.68 bits per heavy atom. The number of amides is 1. The van der Waals surface area contributed by atoms with Gasteiger partial charge in [-0.1, -0.05) is 30.8 Å². The van der Waals surface area contributed by atoms with E-state index in [2.05, 4.69) is 22.4 Å². The minimum atomic E-state index is -0.307. The second-order valence-electron chi connectivity index (χ2n) is 5.64. The molecule has 0 radical (unpaired) electrons. The molecular weight excluding hydrogens is 336 g/mol. The Labute approximate surface area is 150 Å². The molecule has 130 valence electrons. The summed E-state index contributed by atoms with van der Waals surface area (Å²) in [5.41, 5.74) is 2.04. The van der Waals surface area contributed by atoms with Gasteiger partial charge in [0.15, 0.2) is 16.7 Å². The van der Waals surface area contributed by atoms with Crippen molar-refractivity contribution in [2.24, 2.45) is 7.05 Å².